The van der Waals surface area contributed by atoms with E-state index in [0.717, 1.165) is 6.07 Å². The molecule has 0 radical (unpaired) electrons. The molecule has 0 saturated carbocycles. The van der Waals surface area contributed by atoms with Crippen LogP contribution in [0, 0.1) is 10.1 Å². The van der Waals surface area contributed by atoms with Gasteiger partial charge in [0.05, 0.1) is 9.95 Å². The maximum atomic E-state index is 10.6. The van der Waals surface area contributed by atoms with Crippen molar-refractivity contribution >= 4 is 34.8 Å². The van der Waals surface area contributed by atoms with E-state index in [-0.39, 0.29) is 33.7 Å². The van der Waals surface area contributed by atoms with Gasteiger partial charge in [0.15, 0.2) is 0 Å². The smallest absolute Gasteiger partial charge is 0.328 e. The van der Waals surface area contributed by atoms with E-state index in [1.807, 2.05) is 0 Å². The summed E-state index contributed by atoms with van der Waals surface area (Å²) in [6, 6.07) is 3.53. The molecule has 2 aromatic rings. The van der Waals surface area contributed by atoms with Gasteiger partial charge in [-0.2, -0.15) is 15.0 Å². The van der Waals surface area contributed by atoms with Crippen molar-refractivity contribution in [3.8, 4) is 11.8 Å². The lowest BCUT2D eigenvalue weighted by Crippen LogP contribution is -2.00. The summed E-state index contributed by atoms with van der Waals surface area (Å²) in [6.45, 7) is 0. The predicted octanol–water partition coefficient (Wildman–Crippen LogP) is 2.46. The van der Waals surface area contributed by atoms with Crippen molar-refractivity contribution in [1.82, 2.24) is 15.0 Å². The molecular weight excluding hydrogens is 297 g/mol. The van der Waals surface area contributed by atoms with E-state index >= 15 is 0 Å². The molecule has 2 rings (SSSR count). The molecule has 0 fully saturated rings. The number of halogens is 2. The predicted molar refractivity (Wildman–Crippen MR) is 67.4 cm³/mol. The average molecular weight is 302 g/mol. The van der Waals surface area contributed by atoms with Gasteiger partial charge in [-0.05, 0) is 17.7 Å². The molecule has 98 valence electrons. The molecule has 8 nitrogen and oxygen atoms in total. The van der Waals surface area contributed by atoms with Crippen molar-refractivity contribution in [2.45, 2.75) is 0 Å². The molecule has 0 bridgehead atoms. The molecule has 0 unspecified atom stereocenters. The third-order valence-corrected chi connectivity index (χ3v) is 2.40. The molecule has 19 heavy (non-hydrogen) atoms. The van der Waals surface area contributed by atoms with Crippen molar-refractivity contribution in [3.63, 3.8) is 0 Å². The Kier molecular flexibility index (Phi) is 3.63. The molecule has 0 spiro atoms. The van der Waals surface area contributed by atoms with E-state index < -0.39 is 4.92 Å². The van der Waals surface area contributed by atoms with E-state index in [4.69, 9.17) is 33.7 Å². The Morgan fingerprint density at radius 3 is 2.58 bits per heavy atom. The van der Waals surface area contributed by atoms with Crippen molar-refractivity contribution in [3.05, 3.63) is 38.6 Å². The zero-order valence-corrected chi connectivity index (χ0v) is 10.6. The van der Waals surface area contributed by atoms with Gasteiger partial charge in [0.25, 0.3) is 5.69 Å². The van der Waals surface area contributed by atoms with Crippen LogP contribution in [0.5, 0.6) is 11.8 Å². The third-order valence-electron chi connectivity index (χ3n) is 1.93. The minimum absolute atomic E-state index is 0.0318. The number of hydrogen-bond donors (Lipinski definition) is 1. The Hall–Kier alpha value is -2.19. The Morgan fingerprint density at radius 2 is 2.00 bits per heavy atom. The van der Waals surface area contributed by atoms with Crippen LogP contribution in [0.25, 0.3) is 0 Å². The first-order chi connectivity index (χ1) is 8.95. The first kappa shape index (κ1) is 13.2. The highest BCUT2D eigenvalue weighted by molar-refractivity contribution is 6.32. The molecular formula is C9H5Cl2N5O3. The van der Waals surface area contributed by atoms with Gasteiger partial charge in [-0.3, -0.25) is 10.1 Å². The Balaban J connectivity index is 2.30. The fraction of sp³-hybridized carbons (Fsp3) is 0. The summed E-state index contributed by atoms with van der Waals surface area (Å²) in [6.07, 6.45) is 0. The largest absolute Gasteiger partial charge is 0.423 e. The SMILES string of the molecule is Nc1nc(Cl)nc(Oc2ccc([N+](=O)[O-])cc2Cl)n1. The second-order valence-electron chi connectivity index (χ2n) is 3.22. The standard InChI is InChI=1S/C9H5Cl2N5O3/c10-5-3-4(16(17)18)1-2-6(5)19-9-14-7(11)13-8(12)15-9/h1-3H,(H2,12,13,14,15). The number of nitro groups is 1. The van der Waals surface area contributed by atoms with E-state index in [2.05, 4.69) is 15.0 Å². The van der Waals surface area contributed by atoms with Gasteiger partial charge >= 0.3 is 6.01 Å². The minimum Gasteiger partial charge on any atom is -0.423 e. The lowest BCUT2D eigenvalue weighted by atomic mass is 10.3. The lowest BCUT2D eigenvalue weighted by Gasteiger charge is -2.05. The second kappa shape index (κ2) is 5.21. The first-order valence-corrected chi connectivity index (χ1v) is 5.50. The summed E-state index contributed by atoms with van der Waals surface area (Å²) in [5, 5.41) is 10.4. The summed E-state index contributed by atoms with van der Waals surface area (Å²) < 4.78 is 5.22. The van der Waals surface area contributed by atoms with Crippen molar-refractivity contribution < 1.29 is 9.66 Å². The fourth-order valence-corrected chi connectivity index (χ4v) is 1.55. The van der Waals surface area contributed by atoms with Crippen LogP contribution in [0.3, 0.4) is 0 Å². The Labute approximate surface area is 116 Å². The zero-order valence-electron chi connectivity index (χ0n) is 9.08. The van der Waals surface area contributed by atoms with Gasteiger partial charge in [-0.1, -0.05) is 11.6 Å². The number of anilines is 1. The van der Waals surface area contributed by atoms with Crippen molar-refractivity contribution in [1.29, 1.82) is 0 Å². The van der Waals surface area contributed by atoms with E-state index in [1.54, 1.807) is 0 Å². The summed E-state index contributed by atoms with van der Waals surface area (Å²) in [4.78, 5) is 20.9. The van der Waals surface area contributed by atoms with Crippen LogP contribution in [0.15, 0.2) is 18.2 Å². The molecule has 0 atom stereocenters. The fourth-order valence-electron chi connectivity index (χ4n) is 1.18. The third kappa shape index (κ3) is 3.18. The maximum absolute atomic E-state index is 10.6. The number of nitrogen functional groups attached to an aromatic ring is 1. The van der Waals surface area contributed by atoms with E-state index in [0.29, 0.717) is 0 Å². The van der Waals surface area contributed by atoms with Gasteiger partial charge in [-0.25, -0.2) is 0 Å². The number of ether oxygens (including phenoxy) is 1. The molecule has 0 aliphatic heterocycles. The summed E-state index contributed by atoms with van der Waals surface area (Å²) in [5.41, 5.74) is 5.20. The number of rotatable bonds is 3. The molecule has 0 aliphatic rings. The quantitative estimate of drug-likeness (QED) is 0.683. The number of aromatic nitrogens is 3. The molecule has 0 aliphatic carbocycles. The molecule has 2 N–H and O–H groups in total. The number of nitro benzene ring substituents is 1. The first-order valence-electron chi connectivity index (χ1n) is 4.74. The molecule has 0 amide bonds. The van der Waals surface area contributed by atoms with Crippen LogP contribution in [0.1, 0.15) is 0 Å². The van der Waals surface area contributed by atoms with Crippen LogP contribution >= 0.6 is 23.2 Å². The van der Waals surface area contributed by atoms with Crippen LogP contribution in [0.2, 0.25) is 10.3 Å². The highest BCUT2D eigenvalue weighted by Crippen LogP contribution is 2.31. The summed E-state index contributed by atoms with van der Waals surface area (Å²) in [7, 11) is 0. The average Bonchev–Trinajstić information content (AvgIpc) is 2.30. The minimum atomic E-state index is -0.576. The monoisotopic (exact) mass is 301 g/mol. The number of non-ortho nitro benzene ring substituents is 1. The van der Waals surface area contributed by atoms with Gasteiger partial charge in [0.2, 0.25) is 11.2 Å². The number of nitrogens with two attached hydrogens (primary N) is 1. The molecule has 1 heterocycles. The molecule has 10 heteroatoms. The van der Waals surface area contributed by atoms with Crippen LogP contribution in [-0.2, 0) is 0 Å². The van der Waals surface area contributed by atoms with Gasteiger partial charge < -0.3 is 10.5 Å². The van der Waals surface area contributed by atoms with E-state index in [9.17, 15) is 10.1 Å². The highest BCUT2D eigenvalue weighted by atomic mass is 35.5. The number of nitrogens with zero attached hydrogens (tertiary/aromatic N) is 4. The van der Waals surface area contributed by atoms with Crippen LogP contribution in [-0.4, -0.2) is 19.9 Å². The summed E-state index contributed by atoms with van der Waals surface area (Å²) >= 11 is 11.4. The highest BCUT2D eigenvalue weighted by Gasteiger charge is 2.12. The van der Waals surface area contributed by atoms with Gasteiger partial charge in [-0.15, -0.1) is 0 Å². The van der Waals surface area contributed by atoms with E-state index in [1.165, 1.54) is 12.1 Å². The summed E-state index contributed by atoms with van der Waals surface area (Å²) in [5.74, 6) is 0.0157. The topological polar surface area (TPSA) is 117 Å². The number of hydrogen-bond acceptors (Lipinski definition) is 7. The van der Waals surface area contributed by atoms with Crippen molar-refractivity contribution in [2.24, 2.45) is 0 Å². The number of benzene rings is 1. The second-order valence-corrected chi connectivity index (χ2v) is 3.96. The Morgan fingerprint density at radius 1 is 1.26 bits per heavy atom. The molecule has 0 saturated heterocycles. The van der Waals surface area contributed by atoms with Crippen LogP contribution in [0.4, 0.5) is 11.6 Å². The van der Waals surface area contributed by atoms with Crippen molar-refractivity contribution in [2.75, 3.05) is 5.73 Å². The molecule has 1 aromatic carbocycles. The van der Waals surface area contributed by atoms with Gasteiger partial charge in [0, 0.05) is 12.1 Å². The Bertz CT molecular complexity index is 631. The zero-order chi connectivity index (χ0) is 14.0. The molecule has 1 aromatic heterocycles. The lowest BCUT2D eigenvalue weighted by molar-refractivity contribution is -0.384. The maximum Gasteiger partial charge on any atom is 0.328 e. The van der Waals surface area contributed by atoms with Crippen LogP contribution < -0.4 is 10.5 Å². The van der Waals surface area contributed by atoms with Gasteiger partial charge in [0.1, 0.15) is 5.75 Å². The normalized spacial score (nSPS) is 10.2.